The molecule has 3 aromatic heterocycles. The minimum atomic E-state index is -4.57. The number of carbonyl (C=O) groups excluding carboxylic acids is 1. The molecule has 184 valence electrons. The topological polar surface area (TPSA) is 235 Å². The lowest BCUT2D eigenvalue weighted by molar-refractivity contribution is -0.121. The molecule has 0 spiro atoms. The van der Waals surface area contributed by atoms with Crippen LogP contribution in [0, 0.1) is 0 Å². The van der Waals surface area contributed by atoms with Crippen molar-refractivity contribution in [3.63, 3.8) is 0 Å². The SMILES string of the molecule is CN[C@@H](Cc1c[nH]cn1)C(=O)NP(=O)(O)OC[C@H]1O[C@@H](n2cnc3c(=O)[nH]c(N)nc32)C[C@@H]1O. The largest absolute Gasteiger partial charge is 0.432 e. The summed E-state index contributed by atoms with van der Waals surface area (Å²) in [6.45, 7) is -0.488. The van der Waals surface area contributed by atoms with Gasteiger partial charge in [0.15, 0.2) is 11.2 Å². The van der Waals surface area contributed by atoms with Crippen LogP contribution < -0.4 is 21.7 Å². The van der Waals surface area contributed by atoms with E-state index in [9.17, 15) is 24.2 Å². The summed E-state index contributed by atoms with van der Waals surface area (Å²) in [5, 5.41) is 15.1. The Labute approximate surface area is 191 Å². The number of imidazole rings is 2. The lowest BCUT2D eigenvalue weighted by Gasteiger charge is -2.20. The molecular formula is C17H24N9O7P. The monoisotopic (exact) mass is 497 g/mol. The maximum Gasteiger partial charge on any atom is 0.432 e. The lowest BCUT2D eigenvalue weighted by Crippen LogP contribution is -2.43. The van der Waals surface area contributed by atoms with E-state index < -0.39 is 50.3 Å². The number of nitrogens with one attached hydrogen (secondary N) is 4. The van der Waals surface area contributed by atoms with Crippen molar-refractivity contribution in [1.82, 2.24) is 39.9 Å². The van der Waals surface area contributed by atoms with Gasteiger partial charge in [0, 0.05) is 19.0 Å². The van der Waals surface area contributed by atoms with Crippen molar-refractivity contribution < 1.29 is 28.6 Å². The Hall–Kier alpha value is -3.14. The van der Waals surface area contributed by atoms with Gasteiger partial charge < -0.3 is 30.8 Å². The van der Waals surface area contributed by atoms with Crippen LogP contribution in [0.2, 0.25) is 0 Å². The van der Waals surface area contributed by atoms with E-state index in [1.165, 1.54) is 24.3 Å². The second kappa shape index (κ2) is 9.61. The molecule has 3 aromatic rings. The van der Waals surface area contributed by atoms with Gasteiger partial charge in [-0.2, -0.15) is 4.98 Å². The van der Waals surface area contributed by atoms with Gasteiger partial charge in [0.1, 0.15) is 12.3 Å². The molecule has 5 atom stereocenters. The molecule has 0 radical (unpaired) electrons. The molecule has 4 rings (SSSR count). The fraction of sp³-hybridized carbons (Fsp3) is 0.471. The van der Waals surface area contributed by atoms with Crippen LogP contribution in [0.1, 0.15) is 18.3 Å². The van der Waals surface area contributed by atoms with E-state index in [0.29, 0.717) is 5.69 Å². The van der Waals surface area contributed by atoms with E-state index in [0.717, 1.165) is 0 Å². The highest BCUT2D eigenvalue weighted by Gasteiger charge is 2.38. The lowest BCUT2D eigenvalue weighted by atomic mass is 10.1. The highest BCUT2D eigenvalue weighted by molar-refractivity contribution is 7.51. The van der Waals surface area contributed by atoms with Gasteiger partial charge in [0.25, 0.3) is 5.56 Å². The number of fused-ring (bicyclic) bond motifs is 1. The van der Waals surface area contributed by atoms with Crippen LogP contribution in [0.3, 0.4) is 0 Å². The smallest absolute Gasteiger partial charge is 0.390 e. The number of aromatic amines is 2. The van der Waals surface area contributed by atoms with E-state index in [-0.39, 0.29) is 30.0 Å². The zero-order valence-electron chi connectivity index (χ0n) is 17.9. The number of nitrogens with two attached hydrogens (primary N) is 1. The quantitative estimate of drug-likeness (QED) is 0.161. The number of hydrogen-bond donors (Lipinski definition) is 7. The zero-order chi connectivity index (χ0) is 24.5. The van der Waals surface area contributed by atoms with Crippen molar-refractivity contribution in [3.8, 4) is 0 Å². The molecule has 8 N–H and O–H groups in total. The van der Waals surface area contributed by atoms with Gasteiger partial charge in [-0.05, 0) is 7.05 Å². The molecule has 16 nitrogen and oxygen atoms in total. The molecule has 1 unspecified atom stereocenters. The first kappa shape index (κ1) is 24.0. The van der Waals surface area contributed by atoms with Crippen molar-refractivity contribution in [2.75, 3.05) is 19.4 Å². The minimum absolute atomic E-state index is 0.0449. The van der Waals surface area contributed by atoms with Crippen molar-refractivity contribution >= 4 is 30.8 Å². The number of aromatic nitrogens is 6. The summed E-state index contributed by atoms with van der Waals surface area (Å²) < 4.78 is 24.6. The van der Waals surface area contributed by atoms with Gasteiger partial charge in [0.2, 0.25) is 11.9 Å². The van der Waals surface area contributed by atoms with Crippen LogP contribution in [-0.2, 0) is 25.0 Å². The predicted octanol–water partition coefficient (Wildman–Crippen LogP) is -1.86. The summed E-state index contributed by atoms with van der Waals surface area (Å²) >= 11 is 0. The highest BCUT2D eigenvalue weighted by atomic mass is 31.2. The average molecular weight is 497 g/mol. The number of likely N-dealkylation sites (N-methyl/N-ethyl adjacent to an activating group) is 1. The summed E-state index contributed by atoms with van der Waals surface area (Å²) in [6.07, 6.45) is 1.78. The summed E-state index contributed by atoms with van der Waals surface area (Å²) in [5.41, 5.74) is 5.86. The first-order valence-corrected chi connectivity index (χ1v) is 11.7. The van der Waals surface area contributed by atoms with E-state index >= 15 is 0 Å². The fourth-order valence-electron chi connectivity index (χ4n) is 3.55. The summed E-state index contributed by atoms with van der Waals surface area (Å²) in [6, 6.07) is -0.831. The third-order valence-electron chi connectivity index (χ3n) is 5.26. The van der Waals surface area contributed by atoms with Crippen LogP contribution in [0.4, 0.5) is 5.95 Å². The molecule has 4 heterocycles. The summed E-state index contributed by atoms with van der Waals surface area (Å²) in [5.74, 6) is -0.873. The van der Waals surface area contributed by atoms with Crippen molar-refractivity contribution in [1.29, 1.82) is 0 Å². The fourth-order valence-corrected chi connectivity index (χ4v) is 4.40. The molecule has 0 aliphatic carbocycles. The number of hydrogen-bond acceptors (Lipinski definition) is 11. The van der Waals surface area contributed by atoms with Crippen molar-refractivity contribution in [2.45, 2.75) is 37.3 Å². The molecule has 1 aliphatic rings. The van der Waals surface area contributed by atoms with Crippen molar-refractivity contribution in [2.24, 2.45) is 0 Å². The number of H-pyrrole nitrogens is 2. The Morgan fingerprint density at radius 2 is 2.29 bits per heavy atom. The van der Waals surface area contributed by atoms with Gasteiger partial charge in [-0.25, -0.2) is 14.5 Å². The molecule has 34 heavy (non-hydrogen) atoms. The normalized spacial score (nSPS) is 23.1. The molecule has 17 heteroatoms. The van der Waals surface area contributed by atoms with E-state index in [1.807, 2.05) is 5.09 Å². The number of anilines is 1. The van der Waals surface area contributed by atoms with E-state index in [1.54, 1.807) is 6.20 Å². The molecule has 1 saturated heterocycles. The van der Waals surface area contributed by atoms with Crippen LogP contribution >= 0.6 is 7.75 Å². The van der Waals surface area contributed by atoms with Crippen LogP contribution in [0.15, 0.2) is 23.6 Å². The molecular weight excluding hydrogens is 473 g/mol. The van der Waals surface area contributed by atoms with Crippen LogP contribution in [0.25, 0.3) is 11.2 Å². The third-order valence-corrected chi connectivity index (χ3v) is 6.27. The number of ether oxygens (including phenoxy) is 1. The van der Waals surface area contributed by atoms with E-state index in [2.05, 4.69) is 30.2 Å². The molecule has 0 saturated carbocycles. The Balaban J connectivity index is 1.36. The molecule has 0 bridgehead atoms. The Kier molecular flexibility index (Phi) is 6.79. The van der Waals surface area contributed by atoms with Gasteiger partial charge in [0.05, 0.1) is 37.1 Å². The third kappa shape index (κ3) is 5.16. The van der Waals surface area contributed by atoms with Gasteiger partial charge in [-0.15, -0.1) is 0 Å². The highest BCUT2D eigenvalue weighted by Crippen LogP contribution is 2.39. The Bertz CT molecular complexity index is 1260. The molecule has 1 amide bonds. The van der Waals surface area contributed by atoms with Gasteiger partial charge >= 0.3 is 7.75 Å². The number of aliphatic hydroxyl groups excluding tert-OH is 1. The average Bonchev–Trinajstić information content (AvgIpc) is 3.50. The van der Waals surface area contributed by atoms with Crippen molar-refractivity contribution in [3.05, 3.63) is 34.9 Å². The zero-order valence-corrected chi connectivity index (χ0v) is 18.8. The number of amides is 1. The molecule has 1 fully saturated rings. The number of rotatable bonds is 9. The second-order valence-corrected chi connectivity index (χ2v) is 9.13. The number of nitrogen functional groups attached to an aromatic ring is 1. The maximum absolute atomic E-state index is 12.4. The predicted molar refractivity (Wildman–Crippen MR) is 116 cm³/mol. The van der Waals surface area contributed by atoms with Gasteiger partial charge in [-0.1, -0.05) is 0 Å². The minimum Gasteiger partial charge on any atom is -0.390 e. The van der Waals surface area contributed by atoms with Crippen LogP contribution in [-0.4, -0.2) is 77.3 Å². The Morgan fingerprint density at radius 1 is 1.50 bits per heavy atom. The summed E-state index contributed by atoms with van der Waals surface area (Å²) in [7, 11) is -3.04. The number of nitrogens with zero attached hydrogens (tertiary/aromatic N) is 4. The summed E-state index contributed by atoms with van der Waals surface area (Å²) in [4.78, 5) is 51.6. The number of aliphatic hydroxyl groups is 1. The van der Waals surface area contributed by atoms with Crippen LogP contribution in [0.5, 0.6) is 0 Å². The standard InChI is InChI=1S/C17H24N9O7P/c1-19-9(2-8-4-20-6-21-8)15(28)25-34(30,31)32-5-11-10(27)3-12(33-11)26-7-22-13-14(26)23-17(18)24-16(13)29/h4,6-7,9-12,19,27H,2-3,5H2,1H3,(H,20,21)(H3,18,23,24,29)(H2,25,28,30,31)/t9-,10-,11+,12+/m0/s1. The van der Waals surface area contributed by atoms with Gasteiger partial charge in [-0.3, -0.25) is 28.8 Å². The van der Waals surface area contributed by atoms with E-state index in [4.69, 9.17) is 15.0 Å². The molecule has 0 aromatic carbocycles. The maximum atomic E-state index is 12.4. The Morgan fingerprint density at radius 3 is 3.00 bits per heavy atom. The first-order chi connectivity index (χ1) is 16.2. The number of carbonyl (C=O) groups is 1. The molecule has 1 aliphatic heterocycles. The first-order valence-electron chi connectivity index (χ1n) is 10.2. The second-order valence-electron chi connectivity index (χ2n) is 7.61.